The summed E-state index contributed by atoms with van der Waals surface area (Å²) < 4.78 is 24.8. The molecule has 2 aromatic heterocycles. The number of sulfone groups is 1. The molecular weight excluding hydrogens is 288 g/mol. The SMILES string of the molecule is CCn1nc(-c2ccncc2)nc1C[C@@H]1C=CS(=O)(=O)C1. The maximum Gasteiger partial charge on any atom is 0.181 e. The summed E-state index contributed by atoms with van der Waals surface area (Å²) in [4.78, 5) is 8.54. The summed E-state index contributed by atoms with van der Waals surface area (Å²) >= 11 is 0. The standard InChI is InChI=1S/C14H16N4O2S/c1-2-18-13(9-11-5-8-21(19,20)10-11)16-14(17-18)12-3-6-15-7-4-12/h3-8,11H,2,9-10H2,1H3/t11-/m0/s1. The largest absolute Gasteiger partial charge is 0.265 e. The molecule has 0 fully saturated rings. The molecule has 0 aliphatic carbocycles. The number of pyridine rings is 1. The molecule has 0 spiro atoms. The quantitative estimate of drug-likeness (QED) is 0.854. The molecule has 1 atom stereocenters. The summed E-state index contributed by atoms with van der Waals surface area (Å²) in [5, 5.41) is 5.78. The van der Waals surface area contributed by atoms with E-state index in [9.17, 15) is 8.42 Å². The van der Waals surface area contributed by atoms with Crippen LogP contribution in [0.5, 0.6) is 0 Å². The van der Waals surface area contributed by atoms with Gasteiger partial charge in [-0.2, -0.15) is 5.10 Å². The molecule has 7 heteroatoms. The van der Waals surface area contributed by atoms with Crippen LogP contribution in [0.3, 0.4) is 0 Å². The Bertz CT molecular complexity index is 766. The lowest BCUT2D eigenvalue weighted by Gasteiger charge is -2.06. The van der Waals surface area contributed by atoms with Crippen molar-refractivity contribution in [2.45, 2.75) is 19.9 Å². The topological polar surface area (TPSA) is 77.7 Å². The van der Waals surface area contributed by atoms with E-state index in [1.807, 2.05) is 23.7 Å². The number of rotatable bonds is 4. The molecule has 3 heterocycles. The van der Waals surface area contributed by atoms with E-state index >= 15 is 0 Å². The van der Waals surface area contributed by atoms with E-state index in [-0.39, 0.29) is 11.7 Å². The van der Waals surface area contributed by atoms with Crippen LogP contribution in [0.25, 0.3) is 11.4 Å². The Morgan fingerprint density at radius 2 is 2.10 bits per heavy atom. The predicted molar refractivity (Wildman–Crippen MR) is 79.0 cm³/mol. The van der Waals surface area contributed by atoms with Crippen LogP contribution < -0.4 is 0 Å². The number of aromatic nitrogens is 4. The summed E-state index contributed by atoms with van der Waals surface area (Å²) in [5.41, 5.74) is 0.910. The highest BCUT2D eigenvalue weighted by molar-refractivity contribution is 7.94. The molecular formula is C14H16N4O2S. The Labute approximate surface area is 123 Å². The Morgan fingerprint density at radius 1 is 1.33 bits per heavy atom. The van der Waals surface area contributed by atoms with E-state index in [4.69, 9.17) is 0 Å². The first kappa shape index (κ1) is 13.9. The third-order valence-electron chi connectivity index (χ3n) is 3.44. The van der Waals surface area contributed by atoms with Crippen molar-refractivity contribution in [3.05, 3.63) is 41.8 Å². The Morgan fingerprint density at radius 3 is 2.71 bits per heavy atom. The minimum absolute atomic E-state index is 0.0187. The number of nitrogens with zero attached hydrogens (tertiary/aromatic N) is 4. The average Bonchev–Trinajstić information content (AvgIpc) is 3.03. The normalized spacial score (nSPS) is 20.0. The minimum atomic E-state index is -3.03. The van der Waals surface area contributed by atoms with Gasteiger partial charge in [-0.05, 0) is 25.0 Å². The van der Waals surface area contributed by atoms with Crippen LogP contribution in [0, 0.1) is 5.92 Å². The molecule has 0 amide bonds. The molecule has 6 nitrogen and oxygen atoms in total. The lowest BCUT2D eigenvalue weighted by molar-refractivity contribution is 0.571. The zero-order valence-electron chi connectivity index (χ0n) is 11.7. The Kier molecular flexibility index (Phi) is 3.59. The van der Waals surface area contributed by atoms with Crippen molar-refractivity contribution in [2.75, 3.05) is 5.75 Å². The first-order chi connectivity index (χ1) is 10.1. The third-order valence-corrected chi connectivity index (χ3v) is 4.90. The van der Waals surface area contributed by atoms with Crippen LogP contribution in [0.4, 0.5) is 0 Å². The first-order valence-corrected chi connectivity index (χ1v) is 8.54. The number of hydrogen-bond acceptors (Lipinski definition) is 5. The van der Waals surface area contributed by atoms with Crippen molar-refractivity contribution < 1.29 is 8.42 Å². The van der Waals surface area contributed by atoms with Gasteiger partial charge in [-0.1, -0.05) is 6.08 Å². The molecule has 1 aliphatic rings. The molecule has 2 aromatic rings. The zero-order valence-corrected chi connectivity index (χ0v) is 12.5. The van der Waals surface area contributed by atoms with Gasteiger partial charge in [0.25, 0.3) is 0 Å². The van der Waals surface area contributed by atoms with Gasteiger partial charge in [0.2, 0.25) is 0 Å². The fourth-order valence-corrected chi connectivity index (χ4v) is 3.80. The molecule has 3 rings (SSSR count). The van der Waals surface area contributed by atoms with Crippen molar-refractivity contribution in [2.24, 2.45) is 5.92 Å². The Hall–Kier alpha value is -2.02. The maximum absolute atomic E-state index is 11.5. The average molecular weight is 304 g/mol. The highest BCUT2D eigenvalue weighted by atomic mass is 32.2. The van der Waals surface area contributed by atoms with Crippen LogP contribution in [0.2, 0.25) is 0 Å². The van der Waals surface area contributed by atoms with Crippen LogP contribution in [0.15, 0.2) is 36.0 Å². The second-order valence-electron chi connectivity index (χ2n) is 5.03. The minimum Gasteiger partial charge on any atom is -0.265 e. The van der Waals surface area contributed by atoms with Crippen LogP contribution in [-0.4, -0.2) is 33.9 Å². The summed E-state index contributed by atoms with van der Waals surface area (Å²) in [5.74, 6) is 1.61. The molecule has 0 saturated carbocycles. The fourth-order valence-electron chi connectivity index (χ4n) is 2.40. The molecule has 0 unspecified atom stereocenters. The van der Waals surface area contributed by atoms with Gasteiger partial charge in [-0.25, -0.2) is 18.1 Å². The zero-order chi connectivity index (χ0) is 14.9. The first-order valence-electron chi connectivity index (χ1n) is 6.82. The van der Waals surface area contributed by atoms with Gasteiger partial charge in [0.05, 0.1) is 5.75 Å². The molecule has 0 N–H and O–H groups in total. The summed E-state index contributed by atoms with van der Waals surface area (Å²) in [6, 6.07) is 3.72. The lowest BCUT2D eigenvalue weighted by atomic mass is 10.1. The van der Waals surface area contributed by atoms with E-state index in [1.165, 1.54) is 5.41 Å². The van der Waals surface area contributed by atoms with Gasteiger partial charge in [-0.3, -0.25) is 4.98 Å². The number of hydrogen-bond donors (Lipinski definition) is 0. The summed E-state index contributed by atoms with van der Waals surface area (Å²) in [6.07, 6.45) is 5.74. The molecule has 0 bridgehead atoms. The molecule has 110 valence electrons. The molecule has 0 radical (unpaired) electrons. The maximum atomic E-state index is 11.5. The van der Waals surface area contributed by atoms with Gasteiger partial charge >= 0.3 is 0 Å². The van der Waals surface area contributed by atoms with Gasteiger partial charge in [0.1, 0.15) is 5.82 Å². The second-order valence-corrected chi connectivity index (χ2v) is 6.96. The van der Waals surface area contributed by atoms with Crippen molar-refractivity contribution in [3.8, 4) is 11.4 Å². The van der Waals surface area contributed by atoms with Crippen molar-refractivity contribution in [3.63, 3.8) is 0 Å². The predicted octanol–water partition coefficient (Wildman–Crippen LogP) is 1.46. The molecule has 0 saturated heterocycles. The molecule has 0 aromatic carbocycles. The summed E-state index contributed by atoms with van der Waals surface area (Å²) in [7, 11) is -3.03. The van der Waals surface area contributed by atoms with Crippen molar-refractivity contribution in [1.29, 1.82) is 0 Å². The van der Waals surface area contributed by atoms with Gasteiger partial charge in [0, 0.05) is 36.3 Å². The highest BCUT2D eigenvalue weighted by Gasteiger charge is 2.24. The number of aryl methyl sites for hydroxylation is 1. The Balaban J connectivity index is 1.86. The van der Waals surface area contributed by atoms with Gasteiger partial charge in [0.15, 0.2) is 15.7 Å². The monoisotopic (exact) mass is 304 g/mol. The van der Waals surface area contributed by atoms with Crippen LogP contribution in [-0.2, 0) is 22.8 Å². The molecule has 21 heavy (non-hydrogen) atoms. The van der Waals surface area contributed by atoms with Crippen molar-refractivity contribution >= 4 is 9.84 Å². The van der Waals surface area contributed by atoms with Gasteiger partial charge < -0.3 is 0 Å². The number of allylic oxidation sites excluding steroid dienone is 1. The fraction of sp³-hybridized carbons (Fsp3) is 0.357. The molecule has 1 aliphatic heterocycles. The highest BCUT2D eigenvalue weighted by Crippen LogP contribution is 2.21. The summed E-state index contributed by atoms with van der Waals surface area (Å²) in [6.45, 7) is 2.70. The lowest BCUT2D eigenvalue weighted by Crippen LogP contribution is -2.12. The smallest absolute Gasteiger partial charge is 0.181 e. The van der Waals surface area contributed by atoms with Crippen LogP contribution in [0.1, 0.15) is 12.7 Å². The van der Waals surface area contributed by atoms with E-state index in [2.05, 4.69) is 15.1 Å². The second kappa shape index (κ2) is 5.40. The van der Waals surface area contributed by atoms with Crippen molar-refractivity contribution in [1.82, 2.24) is 19.7 Å². The van der Waals surface area contributed by atoms with E-state index < -0.39 is 9.84 Å². The third kappa shape index (κ3) is 3.02. The van der Waals surface area contributed by atoms with E-state index in [0.717, 1.165) is 11.4 Å². The van der Waals surface area contributed by atoms with Gasteiger partial charge in [-0.15, -0.1) is 0 Å². The van der Waals surface area contributed by atoms with Crippen LogP contribution >= 0.6 is 0 Å². The van der Waals surface area contributed by atoms with E-state index in [0.29, 0.717) is 18.8 Å². The van der Waals surface area contributed by atoms with E-state index in [1.54, 1.807) is 18.5 Å².